The molecule has 0 aliphatic heterocycles. The third-order valence-electron chi connectivity index (χ3n) is 1.78. The van der Waals surface area contributed by atoms with Crippen LogP contribution in [0, 0.1) is 5.92 Å². The maximum absolute atomic E-state index is 4.05. The van der Waals surface area contributed by atoms with Crippen LogP contribution in [0.2, 0.25) is 0 Å². The van der Waals surface area contributed by atoms with Crippen molar-refractivity contribution >= 4 is 23.5 Å². The van der Waals surface area contributed by atoms with E-state index in [4.69, 9.17) is 0 Å². The number of hydrogen-bond donors (Lipinski definition) is 0. The van der Waals surface area contributed by atoms with Gasteiger partial charge in [0.1, 0.15) is 0 Å². The van der Waals surface area contributed by atoms with Gasteiger partial charge in [0.15, 0.2) is 0 Å². The lowest BCUT2D eigenvalue weighted by Gasteiger charge is -2.04. The van der Waals surface area contributed by atoms with Crippen molar-refractivity contribution in [1.82, 2.24) is 0 Å². The Morgan fingerprint density at radius 1 is 1.06 bits per heavy atom. The number of thioether (sulfide) groups is 2. The molecule has 0 aliphatic rings. The first-order chi connectivity index (χ1) is 7.56. The highest BCUT2D eigenvalue weighted by molar-refractivity contribution is 7.99. The van der Waals surface area contributed by atoms with E-state index in [0.717, 1.165) is 23.2 Å². The fourth-order valence-corrected chi connectivity index (χ4v) is 2.50. The van der Waals surface area contributed by atoms with E-state index in [9.17, 15) is 0 Å². The maximum atomic E-state index is 4.05. The number of allylic oxidation sites excluding steroid dienone is 2. The van der Waals surface area contributed by atoms with Crippen molar-refractivity contribution in [3.8, 4) is 0 Å². The molecule has 0 unspecified atom stereocenters. The predicted molar refractivity (Wildman–Crippen MR) is 82.6 cm³/mol. The van der Waals surface area contributed by atoms with Gasteiger partial charge in [-0.05, 0) is 28.6 Å². The summed E-state index contributed by atoms with van der Waals surface area (Å²) in [6.45, 7) is 14.7. The first-order valence-electron chi connectivity index (χ1n) is 5.75. The maximum Gasteiger partial charge on any atom is 0.0178 e. The van der Waals surface area contributed by atoms with Gasteiger partial charge in [-0.15, -0.1) is 0 Å². The van der Waals surface area contributed by atoms with Crippen molar-refractivity contribution in [2.45, 2.75) is 20.8 Å². The minimum Gasteiger partial charge on any atom is -0.158 e. The molecule has 0 saturated carbocycles. The molecule has 0 aliphatic carbocycles. The Kier molecular flexibility index (Phi) is 10.0. The molecule has 0 amide bonds. The molecule has 0 atom stereocenters. The molecule has 0 aromatic heterocycles. The molecule has 92 valence electrons. The van der Waals surface area contributed by atoms with Crippen molar-refractivity contribution in [3.05, 3.63) is 36.5 Å². The van der Waals surface area contributed by atoms with Gasteiger partial charge in [0.05, 0.1) is 0 Å². The molecule has 0 spiro atoms. The lowest BCUT2D eigenvalue weighted by molar-refractivity contribution is 0.751. The first-order valence-corrected chi connectivity index (χ1v) is 8.06. The Hall–Kier alpha value is -0.0800. The zero-order valence-electron chi connectivity index (χ0n) is 10.8. The second kappa shape index (κ2) is 10.1. The molecule has 2 heteroatoms. The van der Waals surface area contributed by atoms with E-state index in [-0.39, 0.29) is 0 Å². The van der Waals surface area contributed by atoms with Crippen molar-refractivity contribution in [3.63, 3.8) is 0 Å². The molecule has 0 saturated heterocycles. The van der Waals surface area contributed by atoms with Crippen molar-refractivity contribution in [2.75, 3.05) is 23.0 Å². The van der Waals surface area contributed by atoms with Crippen LogP contribution < -0.4 is 0 Å². The molecule has 0 radical (unpaired) electrons. The summed E-state index contributed by atoms with van der Waals surface area (Å²) >= 11 is 3.86. The topological polar surface area (TPSA) is 0 Å². The molecule has 0 rings (SSSR count). The Balaban J connectivity index is 3.69. The Bertz CT molecular complexity index is 239. The third-order valence-corrected chi connectivity index (χ3v) is 4.25. The van der Waals surface area contributed by atoms with Crippen LogP contribution in [0.5, 0.6) is 0 Å². The quantitative estimate of drug-likeness (QED) is 0.544. The summed E-state index contributed by atoms with van der Waals surface area (Å²) in [5, 5.41) is 0. The second-order valence-electron chi connectivity index (χ2n) is 4.20. The smallest absolute Gasteiger partial charge is 0.0178 e. The minimum atomic E-state index is 0.762. The van der Waals surface area contributed by atoms with Gasteiger partial charge in [0.25, 0.3) is 0 Å². The lowest BCUT2D eigenvalue weighted by atomic mass is 10.2. The molecule has 0 N–H and O–H groups in total. The van der Waals surface area contributed by atoms with Gasteiger partial charge in [-0.1, -0.05) is 46.1 Å². The van der Waals surface area contributed by atoms with Crippen molar-refractivity contribution in [1.29, 1.82) is 0 Å². The van der Waals surface area contributed by atoms with E-state index in [0.29, 0.717) is 0 Å². The minimum absolute atomic E-state index is 0.762. The Morgan fingerprint density at radius 3 is 2.00 bits per heavy atom. The Morgan fingerprint density at radius 2 is 1.56 bits per heavy atom. The van der Waals surface area contributed by atoms with Crippen LogP contribution in [0.3, 0.4) is 0 Å². The number of hydrogen-bond acceptors (Lipinski definition) is 2. The van der Waals surface area contributed by atoms with Gasteiger partial charge in [0.2, 0.25) is 0 Å². The van der Waals surface area contributed by atoms with Crippen LogP contribution >= 0.6 is 23.5 Å². The summed E-state index contributed by atoms with van der Waals surface area (Å²) in [6.07, 6.45) is 4.20. The molecule has 0 heterocycles. The lowest BCUT2D eigenvalue weighted by Crippen LogP contribution is -1.93. The molecule has 0 nitrogen and oxygen atoms in total. The van der Waals surface area contributed by atoms with E-state index in [1.165, 1.54) is 16.9 Å². The SMILES string of the molecule is C=C(/C=C\C(=C)CSCC(C)C)CSCC. The normalized spacial score (nSPS) is 11.2. The van der Waals surface area contributed by atoms with E-state index in [2.05, 4.69) is 46.1 Å². The molecule has 16 heavy (non-hydrogen) atoms. The standard InChI is InChI=1S/C14H24S2/c1-6-15-10-13(4)7-8-14(5)11-16-9-12(2)3/h7-8,12H,4-6,9-11H2,1-3H3/b8-7-. The van der Waals surface area contributed by atoms with Gasteiger partial charge in [-0.25, -0.2) is 0 Å². The zero-order chi connectivity index (χ0) is 12.4. The summed E-state index contributed by atoms with van der Waals surface area (Å²) in [4.78, 5) is 0. The van der Waals surface area contributed by atoms with Gasteiger partial charge in [-0.2, -0.15) is 23.5 Å². The largest absolute Gasteiger partial charge is 0.158 e. The molecular formula is C14H24S2. The molecule has 0 bridgehead atoms. The monoisotopic (exact) mass is 256 g/mol. The van der Waals surface area contributed by atoms with Crippen LogP contribution in [0.15, 0.2) is 36.5 Å². The summed E-state index contributed by atoms with van der Waals surface area (Å²) in [5.74, 6) is 5.18. The molecule has 0 aromatic rings. The summed E-state index contributed by atoms with van der Waals surface area (Å²) in [6, 6.07) is 0. The van der Waals surface area contributed by atoms with Crippen molar-refractivity contribution < 1.29 is 0 Å². The summed E-state index contributed by atoms with van der Waals surface area (Å²) in [7, 11) is 0. The fourth-order valence-electron chi connectivity index (χ4n) is 0.991. The predicted octanol–water partition coefficient (Wildman–Crippen LogP) is 4.80. The zero-order valence-corrected chi connectivity index (χ0v) is 12.4. The van der Waals surface area contributed by atoms with E-state index < -0.39 is 0 Å². The second-order valence-corrected chi connectivity index (χ2v) is 6.50. The fraction of sp³-hybridized carbons (Fsp3) is 0.571. The highest BCUT2D eigenvalue weighted by Crippen LogP contribution is 2.13. The third kappa shape index (κ3) is 10.4. The van der Waals surface area contributed by atoms with E-state index in [1.54, 1.807) is 0 Å². The van der Waals surface area contributed by atoms with Gasteiger partial charge < -0.3 is 0 Å². The van der Waals surface area contributed by atoms with E-state index in [1.807, 2.05) is 23.5 Å². The number of rotatable bonds is 9. The highest BCUT2D eigenvalue weighted by Gasteiger charge is 1.95. The van der Waals surface area contributed by atoms with Crippen LogP contribution in [0.25, 0.3) is 0 Å². The van der Waals surface area contributed by atoms with Crippen LogP contribution in [-0.4, -0.2) is 23.0 Å². The molecule has 0 aromatic carbocycles. The average molecular weight is 256 g/mol. The summed E-state index contributed by atoms with van der Waals surface area (Å²) < 4.78 is 0. The van der Waals surface area contributed by atoms with Crippen LogP contribution in [-0.2, 0) is 0 Å². The summed E-state index contributed by atoms with van der Waals surface area (Å²) in [5.41, 5.74) is 2.37. The van der Waals surface area contributed by atoms with Crippen molar-refractivity contribution in [2.24, 2.45) is 5.92 Å². The Labute approximate surface area is 110 Å². The first kappa shape index (κ1) is 15.9. The van der Waals surface area contributed by atoms with Gasteiger partial charge >= 0.3 is 0 Å². The van der Waals surface area contributed by atoms with E-state index >= 15 is 0 Å². The van der Waals surface area contributed by atoms with Gasteiger partial charge in [-0.3, -0.25) is 0 Å². The van der Waals surface area contributed by atoms with Crippen LogP contribution in [0.1, 0.15) is 20.8 Å². The van der Waals surface area contributed by atoms with Gasteiger partial charge in [0, 0.05) is 11.5 Å². The van der Waals surface area contributed by atoms with Crippen LogP contribution in [0.4, 0.5) is 0 Å². The molecule has 0 fully saturated rings. The average Bonchev–Trinajstić information content (AvgIpc) is 2.23. The molecular weight excluding hydrogens is 232 g/mol. The highest BCUT2D eigenvalue weighted by atomic mass is 32.2.